The van der Waals surface area contributed by atoms with Crippen LogP contribution in [0.4, 0.5) is 5.69 Å². The molecule has 0 radical (unpaired) electrons. The quantitative estimate of drug-likeness (QED) is 0.143. The highest BCUT2D eigenvalue weighted by molar-refractivity contribution is 8.00. The highest BCUT2D eigenvalue weighted by atomic mass is 32.2. The molecule has 32 heavy (non-hydrogen) atoms. The Labute approximate surface area is 191 Å². The van der Waals surface area contributed by atoms with Crippen molar-refractivity contribution < 1.29 is 4.79 Å². The minimum atomic E-state index is -0.167. The lowest BCUT2D eigenvalue weighted by atomic mass is 9.98. The van der Waals surface area contributed by atoms with E-state index in [0.717, 1.165) is 27.3 Å². The van der Waals surface area contributed by atoms with Gasteiger partial charge in [-0.3, -0.25) is 14.8 Å². The van der Waals surface area contributed by atoms with E-state index >= 15 is 0 Å². The molecule has 0 aliphatic heterocycles. The van der Waals surface area contributed by atoms with Gasteiger partial charge in [0.25, 0.3) is 0 Å². The monoisotopic (exact) mass is 449 g/mol. The van der Waals surface area contributed by atoms with E-state index in [-0.39, 0.29) is 22.9 Å². The molecule has 0 bridgehead atoms. The van der Waals surface area contributed by atoms with Crippen molar-refractivity contribution in [1.29, 1.82) is 0 Å². The van der Waals surface area contributed by atoms with Gasteiger partial charge in [-0.05, 0) is 23.3 Å². The first-order valence-electron chi connectivity index (χ1n) is 10.0. The Hall–Kier alpha value is -3.43. The summed E-state index contributed by atoms with van der Waals surface area (Å²) in [6.07, 6.45) is 4.87. The number of hydrazone groups is 1. The van der Waals surface area contributed by atoms with Gasteiger partial charge in [-0.25, -0.2) is 11.4 Å². The number of benzene rings is 2. The topological polar surface area (TPSA) is 131 Å². The van der Waals surface area contributed by atoms with E-state index in [2.05, 4.69) is 46.7 Å². The van der Waals surface area contributed by atoms with Crippen molar-refractivity contribution in [3.63, 3.8) is 0 Å². The van der Waals surface area contributed by atoms with Crippen LogP contribution in [0.15, 0.2) is 71.1 Å². The summed E-state index contributed by atoms with van der Waals surface area (Å²) in [5.41, 5.74) is 12.1. The third-order valence-corrected chi connectivity index (χ3v) is 5.52. The number of nitrogens with two attached hydrogens (primary N) is 2. The van der Waals surface area contributed by atoms with Crippen molar-refractivity contribution in [2.45, 2.75) is 36.8 Å². The Morgan fingerprint density at radius 3 is 2.62 bits per heavy atom. The number of carbonyl (C=O) groups is 1. The fourth-order valence-corrected chi connectivity index (χ4v) is 4.10. The SMILES string of the molecule is CC(C)(C)Sc1ccc(-c2ccccc2/C(N)=N/NN)cc1NC(=O)Cc1cnccn1. The molecule has 0 saturated carbocycles. The van der Waals surface area contributed by atoms with Crippen LogP contribution in [-0.2, 0) is 11.2 Å². The van der Waals surface area contributed by atoms with Gasteiger partial charge in [0.05, 0.1) is 17.8 Å². The minimum Gasteiger partial charge on any atom is -0.382 e. The zero-order valence-electron chi connectivity index (χ0n) is 18.3. The number of carbonyl (C=O) groups excluding carboxylic acids is 1. The Morgan fingerprint density at radius 2 is 1.94 bits per heavy atom. The number of anilines is 1. The minimum absolute atomic E-state index is 0.0340. The summed E-state index contributed by atoms with van der Waals surface area (Å²) in [4.78, 5) is 21.9. The number of nitrogens with zero attached hydrogens (tertiary/aromatic N) is 3. The summed E-state index contributed by atoms with van der Waals surface area (Å²) in [6.45, 7) is 6.38. The van der Waals surface area contributed by atoms with E-state index in [1.807, 2.05) is 42.5 Å². The summed E-state index contributed by atoms with van der Waals surface area (Å²) in [6, 6.07) is 13.6. The highest BCUT2D eigenvalue weighted by Crippen LogP contribution is 2.39. The molecule has 3 aromatic rings. The van der Waals surface area contributed by atoms with Gasteiger partial charge in [-0.1, -0.05) is 51.1 Å². The number of hydrogen-bond donors (Lipinski definition) is 4. The molecule has 1 amide bonds. The van der Waals surface area contributed by atoms with Crippen molar-refractivity contribution in [3.8, 4) is 11.1 Å². The first-order chi connectivity index (χ1) is 15.3. The number of amidine groups is 1. The van der Waals surface area contributed by atoms with Gasteiger partial charge in [-0.15, -0.1) is 16.9 Å². The van der Waals surface area contributed by atoms with Crippen LogP contribution in [0.25, 0.3) is 11.1 Å². The summed E-state index contributed by atoms with van der Waals surface area (Å²) in [7, 11) is 0. The second-order valence-corrected chi connectivity index (χ2v) is 9.89. The molecule has 166 valence electrons. The van der Waals surface area contributed by atoms with Crippen LogP contribution in [0.2, 0.25) is 0 Å². The second kappa shape index (κ2) is 10.3. The number of rotatable bonds is 7. The largest absolute Gasteiger partial charge is 0.382 e. The van der Waals surface area contributed by atoms with E-state index in [9.17, 15) is 4.79 Å². The Kier molecular flexibility index (Phi) is 7.45. The Morgan fingerprint density at radius 1 is 1.16 bits per heavy atom. The van der Waals surface area contributed by atoms with Crippen LogP contribution in [0, 0.1) is 0 Å². The van der Waals surface area contributed by atoms with Crippen molar-refractivity contribution in [2.75, 3.05) is 5.32 Å². The van der Waals surface area contributed by atoms with Gasteiger partial charge in [0.15, 0.2) is 5.84 Å². The standard InChI is InChI=1S/C23H27N7OS/c1-23(2,3)32-20-9-8-15(17-6-4-5-7-18(17)22(24)29-30-25)12-19(20)28-21(31)13-16-14-26-10-11-27-16/h4-12,14,30H,13,25H2,1-3H3,(H2,24,29)(H,28,31). The molecule has 0 fully saturated rings. The third-order valence-electron chi connectivity index (χ3n) is 4.33. The predicted octanol–water partition coefficient (Wildman–Crippen LogP) is 3.30. The maximum atomic E-state index is 12.8. The summed E-state index contributed by atoms with van der Waals surface area (Å²) < 4.78 is -0.0340. The third kappa shape index (κ3) is 6.29. The number of thioether (sulfide) groups is 1. The number of hydrazine groups is 1. The normalized spacial score (nSPS) is 11.8. The first-order valence-corrected chi connectivity index (χ1v) is 10.8. The van der Waals surface area contributed by atoms with E-state index in [4.69, 9.17) is 11.6 Å². The molecular weight excluding hydrogens is 422 g/mol. The van der Waals surface area contributed by atoms with Crippen LogP contribution in [0.5, 0.6) is 0 Å². The van der Waals surface area contributed by atoms with Gasteiger partial charge < -0.3 is 11.1 Å². The molecule has 1 aromatic heterocycles. The van der Waals surface area contributed by atoms with E-state index in [1.54, 1.807) is 30.4 Å². The van der Waals surface area contributed by atoms with E-state index in [1.165, 1.54) is 0 Å². The maximum absolute atomic E-state index is 12.8. The number of amides is 1. The van der Waals surface area contributed by atoms with Gasteiger partial charge in [-0.2, -0.15) is 0 Å². The molecule has 0 aliphatic rings. The van der Waals surface area contributed by atoms with Crippen LogP contribution in [0.3, 0.4) is 0 Å². The molecule has 1 heterocycles. The second-order valence-electron chi connectivity index (χ2n) is 8.02. The lowest BCUT2D eigenvalue weighted by Crippen LogP contribution is -2.23. The zero-order chi connectivity index (χ0) is 23.1. The summed E-state index contributed by atoms with van der Waals surface area (Å²) >= 11 is 1.68. The molecule has 3 rings (SSSR count). The number of aromatic nitrogens is 2. The van der Waals surface area contributed by atoms with Crippen LogP contribution in [0.1, 0.15) is 32.0 Å². The van der Waals surface area contributed by atoms with Crippen molar-refractivity contribution >= 4 is 29.2 Å². The summed E-state index contributed by atoms with van der Waals surface area (Å²) in [5, 5.41) is 6.94. The van der Waals surface area contributed by atoms with Crippen molar-refractivity contribution in [1.82, 2.24) is 15.5 Å². The molecule has 2 aromatic carbocycles. The van der Waals surface area contributed by atoms with Crippen molar-refractivity contribution in [2.24, 2.45) is 16.7 Å². The van der Waals surface area contributed by atoms with Crippen LogP contribution >= 0.6 is 11.8 Å². The predicted molar refractivity (Wildman–Crippen MR) is 130 cm³/mol. The van der Waals surface area contributed by atoms with Gasteiger partial charge in [0.1, 0.15) is 0 Å². The number of nitrogens with one attached hydrogen (secondary N) is 2. The molecule has 0 aliphatic carbocycles. The molecule has 0 saturated heterocycles. The van der Waals surface area contributed by atoms with Crippen LogP contribution in [-0.4, -0.2) is 26.5 Å². The fraction of sp³-hybridized carbons (Fsp3) is 0.217. The maximum Gasteiger partial charge on any atom is 0.230 e. The van der Waals surface area contributed by atoms with Gasteiger partial charge in [0, 0.05) is 33.8 Å². The van der Waals surface area contributed by atoms with E-state index in [0.29, 0.717) is 5.69 Å². The average Bonchev–Trinajstić information content (AvgIpc) is 2.75. The van der Waals surface area contributed by atoms with Crippen LogP contribution < -0.4 is 22.4 Å². The molecular formula is C23H27N7OS. The Balaban J connectivity index is 1.99. The molecule has 6 N–H and O–H groups in total. The highest BCUT2D eigenvalue weighted by Gasteiger charge is 2.18. The zero-order valence-corrected chi connectivity index (χ0v) is 19.1. The lowest BCUT2D eigenvalue weighted by molar-refractivity contribution is -0.115. The summed E-state index contributed by atoms with van der Waals surface area (Å²) in [5.74, 6) is 5.40. The van der Waals surface area contributed by atoms with Gasteiger partial charge in [0.2, 0.25) is 5.91 Å². The van der Waals surface area contributed by atoms with Crippen molar-refractivity contribution in [3.05, 3.63) is 72.3 Å². The van der Waals surface area contributed by atoms with Gasteiger partial charge >= 0.3 is 0 Å². The average molecular weight is 450 g/mol. The molecule has 0 unspecified atom stereocenters. The fourth-order valence-electron chi connectivity index (χ4n) is 3.08. The smallest absolute Gasteiger partial charge is 0.230 e. The molecule has 0 spiro atoms. The molecule has 9 heteroatoms. The molecule has 8 nitrogen and oxygen atoms in total. The van der Waals surface area contributed by atoms with E-state index < -0.39 is 0 Å². The molecule has 0 atom stereocenters. The first kappa shape index (κ1) is 23.2. The number of hydrogen-bond acceptors (Lipinski definition) is 7. The lowest BCUT2D eigenvalue weighted by Gasteiger charge is -2.21. The Bertz CT molecular complexity index is 1110.